The topological polar surface area (TPSA) is 86.5 Å². The lowest BCUT2D eigenvalue weighted by Crippen LogP contribution is -2.10. The van der Waals surface area contributed by atoms with Crippen molar-refractivity contribution in [1.29, 1.82) is 0 Å². The first-order valence-electron chi connectivity index (χ1n) is 3.79. The van der Waals surface area contributed by atoms with Crippen molar-refractivity contribution in [3.63, 3.8) is 0 Å². The van der Waals surface area contributed by atoms with Crippen LogP contribution >= 0.6 is 0 Å². The summed E-state index contributed by atoms with van der Waals surface area (Å²) in [6.07, 6.45) is 0. The van der Waals surface area contributed by atoms with Gasteiger partial charge in [-0.15, -0.1) is 3.89 Å². The van der Waals surface area contributed by atoms with E-state index in [1.807, 2.05) is 0 Å². The van der Waals surface area contributed by atoms with Crippen molar-refractivity contribution in [2.45, 2.75) is 4.90 Å². The van der Waals surface area contributed by atoms with Gasteiger partial charge in [0.05, 0.1) is 18.4 Å². The molecule has 0 fully saturated rings. The van der Waals surface area contributed by atoms with Crippen molar-refractivity contribution in [2.75, 3.05) is 12.8 Å². The maximum atomic E-state index is 12.8. The molecule has 0 aliphatic rings. The number of benzene rings is 1. The molecule has 0 radical (unpaired) electrons. The molecule has 15 heavy (non-hydrogen) atoms. The summed E-state index contributed by atoms with van der Waals surface area (Å²) in [6.45, 7) is 0. The predicted molar refractivity (Wildman–Crippen MR) is 50.5 cm³/mol. The first kappa shape index (κ1) is 11.4. The van der Waals surface area contributed by atoms with Gasteiger partial charge in [0, 0.05) is 0 Å². The number of hydrogen-bond acceptors (Lipinski definition) is 5. The van der Waals surface area contributed by atoms with E-state index in [2.05, 4.69) is 4.74 Å². The van der Waals surface area contributed by atoms with Gasteiger partial charge in [-0.25, -0.2) is 4.79 Å². The quantitative estimate of drug-likeness (QED) is 0.462. The zero-order valence-electron chi connectivity index (χ0n) is 7.73. The van der Waals surface area contributed by atoms with E-state index in [0.717, 1.165) is 13.2 Å². The molecule has 1 aromatic carbocycles. The van der Waals surface area contributed by atoms with Crippen molar-refractivity contribution in [2.24, 2.45) is 0 Å². The fourth-order valence-electron chi connectivity index (χ4n) is 1.10. The molecular formula is C8H8FNO4S. The summed E-state index contributed by atoms with van der Waals surface area (Å²) < 4.78 is 38.6. The number of hydrogen-bond donors (Lipinski definition) is 1. The number of rotatable bonds is 2. The van der Waals surface area contributed by atoms with Gasteiger partial charge in [0.15, 0.2) is 0 Å². The van der Waals surface area contributed by atoms with E-state index in [0.29, 0.717) is 0 Å². The molecule has 0 amide bonds. The molecule has 82 valence electrons. The lowest BCUT2D eigenvalue weighted by atomic mass is 10.2. The molecule has 2 N–H and O–H groups in total. The monoisotopic (exact) mass is 233 g/mol. The normalized spacial score (nSPS) is 11.1. The Balaban J connectivity index is 3.54. The van der Waals surface area contributed by atoms with E-state index in [1.54, 1.807) is 0 Å². The molecule has 0 aliphatic heterocycles. The highest BCUT2D eigenvalue weighted by Crippen LogP contribution is 2.25. The number of esters is 1. The minimum absolute atomic E-state index is 0.333. The number of carbonyl (C=O) groups excluding carboxylic acids is 1. The van der Waals surface area contributed by atoms with Crippen LogP contribution in [0.3, 0.4) is 0 Å². The molecule has 5 nitrogen and oxygen atoms in total. The number of nitrogen functional groups attached to an aromatic ring is 1. The van der Waals surface area contributed by atoms with Gasteiger partial charge < -0.3 is 10.5 Å². The fourth-order valence-corrected chi connectivity index (χ4v) is 1.86. The third-order valence-electron chi connectivity index (χ3n) is 1.69. The second kappa shape index (κ2) is 3.85. The molecule has 0 spiro atoms. The molecule has 1 aromatic rings. The number of carbonyl (C=O) groups is 1. The molecule has 0 saturated heterocycles. The Labute approximate surface area is 85.9 Å². The van der Waals surface area contributed by atoms with Crippen molar-refractivity contribution >= 4 is 21.9 Å². The van der Waals surface area contributed by atoms with E-state index in [-0.39, 0.29) is 5.69 Å². The molecule has 0 aromatic heterocycles. The summed E-state index contributed by atoms with van der Waals surface area (Å²) in [4.78, 5) is 10.3. The Morgan fingerprint density at radius 2 is 2.07 bits per heavy atom. The molecule has 0 saturated carbocycles. The Hall–Kier alpha value is -1.63. The summed E-state index contributed by atoms with van der Waals surface area (Å²) in [7, 11) is -3.99. The van der Waals surface area contributed by atoms with Gasteiger partial charge in [0.1, 0.15) is 4.90 Å². The standard InChI is InChI=1S/C8H8FNO4S/c1-14-8(11)5-3-2-4-6(10)7(5)15(9,12)13/h2-4H,10H2,1H3. The second-order valence-corrected chi connectivity index (χ2v) is 3.94. The van der Waals surface area contributed by atoms with Gasteiger partial charge in [-0.3, -0.25) is 0 Å². The first-order valence-corrected chi connectivity index (χ1v) is 5.17. The van der Waals surface area contributed by atoms with E-state index in [1.165, 1.54) is 12.1 Å². The van der Waals surface area contributed by atoms with E-state index in [4.69, 9.17) is 5.73 Å². The van der Waals surface area contributed by atoms with Gasteiger partial charge in [0.25, 0.3) is 0 Å². The molecule has 0 atom stereocenters. The zero-order valence-corrected chi connectivity index (χ0v) is 8.55. The summed E-state index contributed by atoms with van der Waals surface area (Å²) in [6, 6.07) is 3.63. The number of halogens is 1. The van der Waals surface area contributed by atoms with Crippen LogP contribution < -0.4 is 5.73 Å². The first-order chi connectivity index (χ1) is 6.88. The summed E-state index contributed by atoms with van der Waals surface area (Å²) >= 11 is 0. The van der Waals surface area contributed by atoms with E-state index >= 15 is 0 Å². The smallest absolute Gasteiger partial charge is 0.339 e. The van der Waals surface area contributed by atoms with E-state index < -0.39 is 26.7 Å². The third kappa shape index (κ3) is 2.24. The molecule has 1 rings (SSSR count). The Kier molecular flexibility index (Phi) is 2.94. The van der Waals surface area contributed by atoms with Crippen LogP contribution in [0.1, 0.15) is 10.4 Å². The average Bonchev–Trinajstić information content (AvgIpc) is 2.14. The molecule has 0 heterocycles. The number of ether oxygens (including phenoxy) is 1. The highest BCUT2D eigenvalue weighted by Gasteiger charge is 2.25. The largest absolute Gasteiger partial charge is 0.465 e. The lowest BCUT2D eigenvalue weighted by Gasteiger charge is -2.06. The maximum Gasteiger partial charge on any atom is 0.339 e. The zero-order chi connectivity index (χ0) is 11.6. The van der Waals surface area contributed by atoms with Crippen molar-refractivity contribution in [3.05, 3.63) is 23.8 Å². The van der Waals surface area contributed by atoms with Gasteiger partial charge >= 0.3 is 16.2 Å². The van der Waals surface area contributed by atoms with Gasteiger partial charge in [-0.05, 0) is 12.1 Å². The van der Waals surface area contributed by atoms with E-state index in [9.17, 15) is 17.1 Å². The van der Waals surface area contributed by atoms with Crippen molar-refractivity contribution in [1.82, 2.24) is 0 Å². The molecule has 0 unspecified atom stereocenters. The van der Waals surface area contributed by atoms with Gasteiger partial charge in [0.2, 0.25) is 0 Å². The van der Waals surface area contributed by atoms with Crippen LogP contribution in [0.25, 0.3) is 0 Å². The van der Waals surface area contributed by atoms with Gasteiger partial charge in [-0.1, -0.05) is 6.07 Å². The van der Waals surface area contributed by atoms with Gasteiger partial charge in [-0.2, -0.15) is 8.42 Å². The lowest BCUT2D eigenvalue weighted by molar-refractivity contribution is 0.0596. The summed E-state index contributed by atoms with van der Waals surface area (Å²) in [5, 5.41) is 0. The van der Waals surface area contributed by atoms with Crippen LogP contribution in [0.4, 0.5) is 9.57 Å². The van der Waals surface area contributed by atoms with Crippen LogP contribution in [0.15, 0.2) is 23.1 Å². The second-order valence-electron chi connectivity index (χ2n) is 2.65. The Bertz CT molecular complexity index is 497. The highest BCUT2D eigenvalue weighted by molar-refractivity contribution is 7.86. The minimum Gasteiger partial charge on any atom is -0.465 e. The summed E-state index contributed by atoms with van der Waals surface area (Å²) in [5.41, 5.74) is 4.52. The van der Waals surface area contributed by atoms with Crippen LogP contribution in [-0.2, 0) is 15.0 Å². The van der Waals surface area contributed by atoms with Crippen LogP contribution in [-0.4, -0.2) is 21.5 Å². The predicted octanol–water partition coefficient (Wildman–Crippen LogP) is 0.714. The molecule has 0 bridgehead atoms. The van der Waals surface area contributed by atoms with Crippen LogP contribution in [0.2, 0.25) is 0 Å². The SMILES string of the molecule is COC(=O)c1cccc(N)c1S(=O)(=O)F. The number of nitrogens with two attached hydrogens (primary N) is 1. The van der Waals surface area contributed by atoms with Crippen LogP contribution in [0, 0.1) is 0 Å². The average molecular weight is 233 g/mol. The fraction of sp³-hybridized carbons (Fsp3) is 0.125. The number of methoxy groups -OCH3 is 1. The maximum absolute atomic E-state index is 12.8. The highest BCUT2D eigenvalue weighted by atomic mass is 32.3. The summed E-state index contributed by atoms with van der Waals surface area (Å²) in [5.74, 6) is -0.960. The molecule has 0 aliphatic carbocycles. The molecule has 7 heteroatoms. The van der Waals surface area contributed by atoms with Crippen LogP contribution in [0.5, 0.6) is 0 Å². The Morgan fingerprint density at radius 3 is 2.53 bits per heavy atom. The van der Waals surface area contributed by atoms with Crippen molar-refractivity contribution in [3.8, 4) is 0 Å². The number of anilines is 1. The van der Waals surface area contributed by atoms with Crippen molar-refractivity contribution < 1.29 is 21.8 Å². The third-order valence-corrected chi connectivity index (χ3v) is 2.64. The molecular weight excluding hydrogens is 225 g/mol. The Morgan fingerprint density at radius 1 is 1.47 bits per heavy atom. The minimum atomic E-state index is -5.05.